The number of carbonyl (C=O) groups is 1. The summed E-state index contributed by atoms with van der Waals surface area (Å²) in [6.07, 6.45) is 6.36. The smallest absolute Gasteiger partial charge is 0.274 e. The molecule has 0 bridgehead atoms. The van der Waals surface area contributed by atoms with Crippen LogP contribution in [0.3, 0.4) is 0 Å². The number of anilines is 1. The highest BCUT2D eigenvalue weighted by Gasteiger charge is 2.27. The van der Waals surface area contributed by atoms with Gasteiger partial charge >= 0.3 is 0 Å². The SMILES string of the molecule is Cc1ccc(C(=O)Nc2cnccc2C2CC(C)CC(N)C2)nc1-c1c(C)cccc1F. The van der Waals surface area contributed by atoms with Gasteiger partial charge in [-0.25, -0.2) is 9.37 Å². The number of amides is 1. The maximum absolute atomic E-state index is 14.6. The van der Waals surface area contributed by atoms with Gasteiger partial charge in [-0.2, -0.15) is 0 Å². The summed E-state index contributed by atoms with van der Waals surface area (Å²) in [6, 6.07) is 10.5. The Labute approximate surface area is 188 Å². The molecule has 0 aliphatic heterocycles. The number of aromatic nitrogens is 2. The number of rotatable bonds is 4. The molecule has 6 heteroatoms. The number of nitrogens with zero attached hydrogens (tertiary/aromatic N) is 2. The van der Waals surface area contributed by atoms with E-state index >= 15 is 0 Å². The first-order valence-electron chi connectivity index (χ1n) is 11.1. The second-order valence-corrected chi connectivity index (χ2v) is 8.98. The number of carbonyl (C=O) groups excluding carboxylic acids is 1. The summed E-state index contributed by atoms with van der Waals surface area (Å²) < 4.78 is 14.6. The molecular formula is C26H29FN4O. The Morgan fingerprint density at radius 2 is 1.91 bits per heavy atom. The lowest BCUT2D eigenvalue weighted by Crippen LogP contribution is -2.31. The van der Waals surface area contributed by atoms with E-state index < -0.39 is 0 Å². The maximum atomic E-state index is 14.6. The van der Waals surface area contributed by atoms with Gasteiger partial charge in [-0.3, -0.25) is 9.78 Å². The van der Waals surface area contributed by atoms with E-state index in [0.29, 0.717) is 22.9 Å². The van der Waals surface area contributed by atoms with E-state index in [4.69, 9.17) is 5.73 Å². The minimum atomic E-state index is -0.351. The van der Waals surface area contributed by atoms with Crippen molar-refractivity contribution in [3.05, 3.63) is 77.0 Å². The van der Waals surface area contributed by atoms with Crippen molar-refractivity contribution in [3.8, 4) is 11.3 Å². The van der Waals surface area contributed by atoms with Gasteiger partial charge < -0.3 is 11.1 Å². The molecule has 1 aliphatic carbocycles. The zero-order chi connectivity index (χ0) is 22.8. The van der Waals surface area contributed by atoms with Crippen molar-refractivity contribution >= 4 is 11.6 Å². The molecule has 1 fully saturated rings. The Bertz CT molecular complexity index is 1120. The van der Waals surface area contributed by atoms with Crippen LogP contribution in [0.2, 0.25) is 0 Å². The number of hydrogen-bond donors (Lipinski definition) is 2. The van der Waals surface area contributed by atoms with Crippen LogP contribution in [-0.4, -0.2) is 21.9 Å². The van der Waals surface area contributed by atoms with Crippen LogP contribution in [0.1, 0.15) is 59.3 Å². The lowest BCUT2D eigenvalue weighted by atomic mass is 9.76. The normalized spacial score (nSPS) is 20.7. The largest absolute Gasteiger partial charge is 0.328 e. The predicted octanol–water partition coefficient (Wildman–Crippen LogP) is 5.38. The number of pyridine rings is 2. The molecule has 3 aromatic rings. The van der Waals surface area contributed by atoms with Crippen molar-refractivity contribution in [1.82, 2.24) is 9.97 Å². The Kier molecular flexibility index (Phi) is 6.33. The third-order valence-corrected chi connectivity index (χ3v) is 6.31. The Balaban J connectivity index is 1.64. The Morgan fingerprint density at radius 1 is 1.09 bits per heavy atom. The molecule has 1 amide bonds. The Morgan fingerprint density at radius 3 is 2.66 bits per heavy atom. The molecule has 1 aromatic carbocycles. The molecule has 3 unspecified atom stereocenters. The molecule has 0 spiro atoms. The minimum Gasteiger partial charge on any atom is -0.328 e. The fourth-order valence-corrected chi connectivity index (χ4v) is 4.80. The van der Waals surface area contributed by atoms with Crippen molar-refractivity contribution in [1.29, 1.82) is 0 Å². The van der Waals surface area contributed by atoms with Gasteiger partial charge in [0.2, 0.25) is 0 Å². The highest BCUT2D eigenvalue weighted by Crippen LogP contribution is 2.38. The van der Waals surface area contributed by atoms with Crippen LogP contribution in [0.5, 0.6) is 0 Å². The number of aryl methyl sites for hydroxylation is 2. The first-order chi connectivity index (χ1) is 15.3. The van der Waals surface area contributed by atoms with Crippen molar-refractivity contribution in [2.75, 3.05) is 5.32 Å². The van der Waals surface area contributed by atoms with Gasteiger partial charge in [-0.1, -0.05) is 25.1 Å². The van der Waals surface area contributed by atoms with E-state index in [9.17, 15) is 9.18 Å². The number of halogens is 1. The molecular weight excluding hydrogens is 403 g/mol. The summed E-state index contributed by atoms with van der Waals surface area (Å²) in [5.41, 5.74) is 10.7. The van der Waals surface area contributed by atoms with Gasteiger partial charge in [0.1, 0.15) is 11.5 Å². The summed E-state index contributed by atoms with van der Waals surface area (Å²) in [7, 11) is 0. The first kappa shape index (κ1) is 22.1. The first-order valence-corrected chi connectivity index (χ1v) is 11.1. The number of nitrogens with two attached hydrogens (primary N) is 1. The molecule has 2 aromatic heterocycles. The third-order valence-electron chi connectivity index (χ3n) is 6.31. The van der Waals surface area contributed by atoms with Gasteiger partial charge in [0.15, 0.2) is 0 Å². The average molecular weight is 433 g/mol. The molecule has 5 nitrogen and oxygen atoms in total. The molecule has 0 saturated heterocycles. The molecule has 4 rings (SSSR count). The van der Waals surface area contributed by atoms with E-state index in [-0.39, 0.29) is 29.4 Å². The lowest BCUT2D eigenvalue weighted by molar-refractivity contribution is 0.102. The van der Waals surface area contributed by atoms with Crippen LogP contribution in [0.4, 0.5) is 10.1 Å². The molecule has 2 heterocycles. The zero-order valence-electron chi connectivity index (χ0n) is 18.7. The molecule has 3 N–H and O–H groups in total. The van der Waals surface area contributed by atoms with Gasteiger partial charge in [-0.15, -0.1) is 0 Å². The molecule has 1 saturated carbocycles. The number of nitrogens with one attached hydrogen (secondary N) is 1. The van der Waals surface area contributed by atoms with Crippen molar-refractivity contribution < 1.29 is 9.18 Å². The fourth-order valence-electron chi connectivity index (χ4n) is 4.80. The number of benzene rings is 1. The van der Waals surface area contributed by atoms with E-state index in [0.717, 1.165) is 36.0 Å². The van der Waals surface area contributed by atoms with Crippen LogP contribution in [-0.2, 0) is 0 Å². The number of hydrogen-bond acceptors (Lipinski definition) is 4. The fraction of sp³-hybridized carbons (Fsp3) is 0.346. The summed E-state index contributed by atoms with van der Waals surface area (Å²) >= 11 is 0. The second kappa shape index (κ2) is 9.17. The summed E-state index contributed by atoms with van der Waals surface area (Å²) in [5.74, 6) is 0.110. The zero-order valence-corrected chi connectivity index (χ0v) is 18.7. The van der Waals surface area contributed by atoms with E-state index in [1.54, 1.807) is 30.6 Å². The van der Waals surface area contributed by atoms with Crippen molar-refractivity contribution in [2.24, 2.45) is 11.7 Å². The summed E-state index contributed by atoms with van der Waals surface area (Å²) in [5, 5.41) is 2.98. The van der Waals surface area contributed by atoms with E-state index in [2.05, 4.69) is 22.2 Å². The van der Waals surface area contributed by atoms with Gasteiger partial charge in [-0.05, 0) is 79.8 Å². The average Bonchev–Trinajstić information content (AvgIpc) is 2.74. The van der Waals surface area contributed by atoms with E-state index in [1.165, 1.54) is 6.07 Å². The molecule has 32 heavy (non-hydrogen) atoms. The lowest BCUT2D eigenvalue weighted by Gasteiger charge is -2.32. The molecule has 166 valence electrons. The third kappa shape index (κ3) is 4.55. The van der Waals surface area contributed by atoms with Gasteiger partial charge in [0, 0.05) is 17.8 Å². The maximum Gasteiger partial charge on any atom is 0.274 e. The van der Waals surface area contributed by atoms with E-state index in [1.807, 2.05) is 26.0 Å². The summed E-state index contributed by atoms with van der Waals surface area (Å²) in [4.78, 5) is 21.9. The highest BCUT2D eigenvalue weighted by molar-refractivity contribution is 6.03. The van der Waals surface area contributed by atoms with Crippen LogP contribution >= 0.6 is 0 Å². The van der Waals surface area contributed by atoms with Gasteiger partial charge in [0.25, 0.3) is 5.91 Å². The standard InChI is InChI=1S/C26H29FN4O/c1-15-11-18(13-19(28)12-15)20-9-10-29-14-23(20)31-26(32)22-8-7-17(3)25(30-22)24-16(2)5-4-6-21(24)27/h4-10,14-15,18-19H,11-13,28H2,1-3H3,(H,31,32). The molecule has 1 aliphatic rings. The molecule has 0 radical (unpaired) electrons. The van der Waals surface area contributed by atoms with Crippen molar-refractivity contribution in [3.63, 3.8) is 0 Å². The second-order valence-electron chi connectivity index (χ2n) is 8.98. The van der Waals surface area contributed by atoms with Crippen LogP contribution < -0.4 is 11.1 Å². The van der Waals surface area contributed by atoms with Crippen molar-refractivity contribution in [2.45, 2.75) is 52.0 Å². The van der Waals surface area contributed by atoms with Crippen LogP contribution in [0, 0.1) is 25.6 Å². The monoisotopic (exact) mass is 432 g/mol. The quantitative estimate of drug-likeness (QED) is 0.580. The van der Waals surface area contributed by atoms with Gasteiger partial charge in [0.05, 0.1) is 17.6 Å². The van der Waals surface area contributed by atoms with Crippen LogP contribution in [0.25, 0.3) is 11.3 Å². The highest BCUT2D eigenvalue weighted by atomic mass is 19.1. The summed E-state index contributed by atoms with van der Waals surface area (Å²) in [6.45, 7) is 5.92. The Hall–Kier alpha value is -3.12. The minimum absolute atomic E-state index is 0.158. The molecule has 3 atom stereocenters. The van der Waals surface area contributed by atoms with Crippen LogP contribution in [0.15, 0.2) is 48.8 Å². The topological polar surface area (TPSA) is 80.9 Å². The predicted molar refractivity (Wildman–Crippen MR) is 125 cm³/mol.